The molecule has 5 nitrogen and oxygen atoms in total. The fraction of sp³-hybridized carbons (Fsp3) is 0.800. The predicted octanol–water partition coefficient (Wildman–Crippen LogP) is 1.37. The molecule has 2 aliphatic rings. The second-order valence-electron chi connectivity index (χ2n) is 4.65. The normalized spacial score (nSPS) is 29.7. The highest BCUT2D eigenvalue weighted by molar-refractivity contribution is 5.79. The first-order chi connectivity index (χ1) is 9.54. The number of rotatable bonds is 2. The van der Waals surface area contributed by atoms with E-state index >= 15 is 0 Å². The van der Waals surface area contributed by atoms with Crippen molar-refractivity contribution < 1.29 is 45.4 Å². The Balaban J connectivity index is 2.39. The van der Waals surface area contributed by atoms with E-state index in [0.29, 0.717) is 0 Å². The minimum absolute atomic E-state index is 0.0291. The lowest BCUT2D eigenvalue weighted by atomic mass is 9.97. The molecule has 11 heteroatoms. The standard InChI is InChI=1S/C10H9F6NO4/c11-9(12,13)8(10(14,15)16)17-2-1-5(20-4-18)3-6(17)7(19)21-8/h4-6H,1-3H2/t5-,6-/m0/s1. The molecule has 2 heterocycles. The third kappa shape index (κ3) is 2.23. The van der Waals surface area contributed by atoms with Gasteiger partial charge >= 0.3 is 24.0 Å². The number of hydrogen-bond donors (Lipinski definition) is 0. The number of carbonyl (C=O) groups is 2. The number of alkyl halides is 6. The summed E-state index contributed by atoms with van der Waals surface area (Å²) >= 11 is 0. The summed E-state index contributed by atoms with van der Waals surface area (Å²) < 4.78 is 86.1. The molecule has 0 N–H and O–H groups in total. The molecule has 21 heavy (non-hydrogen) atoms. The highest BCUT2D eigenvalue weighted by Gasteiger charge is 2.82. The molecule has 2 fully saturated rings. The van der Waals surface area contributed by atoms with Crippen LogP contribution in [0.3, 0.4) is 0 Å². The van der Waals surface area contributed by atoms with Gasteiger partial charge in [-0.15, -0.1) is 0 Å². The maximum Gasteiger partial charge on any atom is 0.453 e. The third-order valence-corrected chi connectivity index (χ3v) is 3.50. The number of esters is 1. The number of cyclic esters (lactones) is 1. The van der Waals surface area contributed by atoms with Crippen molar-refractivity contribution in [2.24, 2.45) is 0 Å². The Morgan fingerprint density at radius 2 is 1.81 bits per heavy atom. The van der Waals surface area contributed by atoms with Crippen molar-refractivity contribution in [3.63, 3.8) is 0 Å². The third-order valence-electron chi connectivity index (χ3n) is 3.50. The fourth-order valence-corrected chi connectivity index (χ4v) is 2.61. The maximum atomic E-state index is 13.0. The molecular weight excluding hydrogens is 312 g/mol. The van der Waals surface area contributed by atoms with Crippen molar-refractivity contribution >= 4 is 12.4 Å². The Bertz CT molecular complexity index is 434. The Kier molecular flexibility index (Phi) is 3.59. The summed E-state index contributed by atoms with van der Waals surface area (Å²) in [5, 5.41) is 0. The summed E-state index contributed by atoms with van der Waals surface area (Å²) in [6.45, 7) is -0.713. The van der Waals surface area contributed by atoms with Gasteiger partial charge in [0.1, 0.15) is 12.1 Å². The molecule has 2 atom stereocenters. The van der Waals surface area contributed by atoms with Crippen LogP contribution in [0.25, 0.3) is 0 Å². The van der Waals surface area contributed by atoms with Crippen molar-refractivity contribution in [2.45, 2.75) is 43.1 Å². The van der Waals surface area contributed by atoms with Gasteiger partial charge in [-0.25, -0.2) is 4.90 Å². The summed E-state index contributed by atoms with van der Waals surface area (Å²) in [5.74, 6) is -1.64. The number of halogens is 6. The van der Waals surface area contributed by atoms with Crippen LogP contribution in [0.15, 0.2) is 0 Å². The second-order valence-corrected chi connectivity index (χ2v) is 4.65. The maximum absolute atomic E-state index is 13.0. The van der Waals surface area contributed by atoms with Crippen LogP contribution in [-0.2, 0) is 19.1 Å². The first kappa shape index (κ1) is 15.9. The second kappa shape index (κ2) is 4.75. The number of carbonyl (C=O) groups excluding carboxylic acids is 2. The molecule has 0 unspecified atom stereocenters. The van der Waals surface area contributed by atoms with Gasteiger partial charge in [0, 0.05) is 13.0 Å². The average Bonchev–Trinajstić information content (AvgIpc) is 2.63. The molecule has 2 aliphatic heterocycles. The molecule has 2 saturated heterocycles. The van der Waals surface area contributed by atoms with Crippen LogP contribution in [-0.4, -0.2) is 54.1 Å². The minimum atomic E-state index is -5.84. The number of nitrogens with zero attached hydrogens (tertiary/aromatic N) is 1. The Labute approximate surface area is 113 Å². The lowest BCUT2D eigenvalue weighted by molar-refractivity contribution is -0.403. The van der Waals surface area contributed by atoms with E-state index in [1.165, 1.54) is 0 Å². The van der Waals surface area contributed by atoms with Gasteiger partial charge in [0.15, 0.2) is 0 Å². The lowest BCUT2D eigenvalue weighted by Crippen LogP contribution is -2.68. The van der Waals surface area contributed by atoms with Crippen molar-refractivity contribution in [3.05, 3.63) is 0 Å². The Morgan fingerprint density at radius 1 is 1.24 bits per heavy atom. The number of ether oxygens (including phenoxy) is 2. The van der Waals surface area contributed by atoms with Crippen molar-refractivity contribution in [2.75, 3.05) is 6.54 Å². The zero-order chi connectivity index (χ0) is 16.1. The zero-order valence-electron chi connectivity index (χ0n) is 10.2. The molecule has 0 amide bonds. The molecule has 0 aliphatic carbocycles. The van der Waals surface area contributed by atoms with E-state index in [-0.39, 0.29) is 17.8 Å². The highest BCUT2D eigenvalue weighted by atomic mass is 19.4. The lowest BCUT2D eigenvalue weighted by Gasteiger charge is -2.42. The van der Waals surface area contributed by atoms with E-state index < -0.39 is 49.2 Å². The van der Waals surface area contributed by atoms with E-state index in [1.54, 1.807) is 0 Å². The van der Waals surface area contributed by atoms with Gasteiger partial charge < -0.3 is 9.47 Å². The molecule has 0 saturated carbocycles. The zero-order valence-corrected chi connectivity index (χ0v) is 10.2. The molecule has 0 radical (unpaired) electrons. The summed E-state index contributed by atoms with van der Waals surface area (Å²) in [7, 11) is 0. The first-order valence-electron chi connectivity index (χ1n) is 5.76. The van der Waals surface area contributed by atoms with Gasteiger partial charge in [-0.2, -0.15) is 26.3 Å². The van der Waals surface area contributed by atoms with Gasteiger partial charge in [-0.1, -0.05) is 0 Å². The van der Waals surface area contributed by atoms with Gasteiger partial charge in [0.25, 0.3) is 6.47 Å². The van der Waals surface area contributed by atoms with Crippen LogP contribution in [0.1, 0.15) is 12.8 Å². The molecule has 0 bridgehead atoms. The summed E-state index contributed by atoms with van der Waals surface area (Å²) in [4.78, 5) is 21.6. The van der Waals surface area contributed by atoms with Crippen LogP contribution in [0.4, 0.5) is 26.3 Å². The van der Waals surface area contributed by atoms with E-state index in [2.05, 4.69) is 9.47 Å². The smallest absolute Gasteiger partial charge is 0.453 e. The minimum Gasteiger partial charge on any atom is -0.464 e. The van der Waals surface area contributed by atoms with Crippen LogP contribution < -0.4 is 0 Å². The van der Waals surface area contributed by atoms with Crippen LogP contribution in [0, 0.1) is 0 Å². The predicted molar refractivity (Wildman–Crippen MR) is 51.6 cm³/mol. The topological polar surface area (TPSA) is 55.8 Å². The molecular formula is C10H9F6NO4. The van der Waals surface area contributed by atoms with E-state index in [1.807, 2.05) is 0 Å². The summed E-state index contributed by atoms with van der Waals surface area (Å²) in [6, 6.07) is -1.76. The number of hydrogen-bond acceptors (Lipinski definition) is 5. The van der Waals surface area contributed by atoms with Gasteiger partial charge in [0.05, 0.1) is 0 Å². The Hall–Kier alpha value is -1.52. The first-order valence-corrected chi connectivity index (χ1v) is 5.76. The van der Waals surface area contributed by atoms with E-state index in [9.17, 15) is 35.9 Å². The van der Waals surface area contributed by atoms with Crippen LogP contribution in [0.2, 0.25) is 0 Å². The molecule has 120 valence electrons. The van der Waals surface area contributed by atoms with Crippen molar-refractivity contribution in [3.8, 4) is 0 Å². The van der Waals surface area contributed by atoms with Crippen molar-refractivity contribution in [1.82, 2.24) is 4.90 Å². The van der Waals surface area contributed by atoms with E-state index in [4.69, 9.17) is 0 Å². The summed E-state index contributed by atoms with van der Waals surface area (Å²) in [5.41, 5.74) is -4.64. The van der Waals surface area contributed by atoms with Crippen LogP contribution >= 0.6 is 0 Å². The SMILES string of the molecule is O=CO[C@H]1CCN2[C@@H](C1)C(=O)OC2(C(F)(F)F)C(F)(F)F. The Morgan fingerprint density at radius 3 is 2.29 bits per heavy atom. The monoisotopic (exact) mass is 321 g/mol. The fourth-order valence-electron chi connectivity index (χ4n) is 2.61. The molecule has 2 rings (SSSR count). The number of piperidine rings is 1. The van der Waals surface area contributed by atoms with Crippen LogP contribution in [0.5, 0.6) is 0 Å². The van der Waals surface area contributed by atoms with E-state index in [0.717, 1.165) is 0 Å². The van der Waals surface area contributed by atoms with Gasteiger partial charge in [-0.05, 0) is 6.42 Å². The quantitative estimate of drug-likeness (QED) is 0.437. The van der Waals surface area contributed by atoms with Gasteiger partial charge in [-0.3, -0.25) is 9.59 Å². The van der Waals surface area contributed by atoms with Gasteiger partial charge in [0.2, 0.25) is 0 Å². The molecule has 0 aromatic rings. The number of fused-ring (bicyclic) bond motifs is 1. The average molecular weight is 321 g/mol. The van der Waals surface area contributed by atoms with Crippen molar-refractivity contribution in [1.29, 1.82) is 0 Å². The molecule has 0 aromatic carbocycles. The molecule has 0 spiro atoms. The molecule has 0 aromatic heterocycles. The summed E-state index contributed by atoms with van der Waals surface area (Å²) in [6.07, 6.45) is -13.3. The highest BCUT2D eigenvalue weighted by Crippen LogP contribution is 2.53. The largest absolute Gasteiger partial charge is 0.464 e.